The summed E-state index contributed by atoms with van der Waals surface area (Å²) >= 11 is 1.70. The van der Waals surface area contributed by atoms with Gasteiger partial charge in [-0.3, -0.25) is 19.9 Å². The van der Waals surface area contributed by atoms with Gasteiger partial charge in [0.25, 0.3) is 11.6 Å². The monoisotopic (exact) mass is 526 g/mol. The quantitative estimate of drug-likeness (QED) is 0.160. The van der Waals surface area contributed by atoms with Gasteiger partial charge in [0.1, 0.15) is 5.00 Å². The van der Waals surface area contributed by atoms with Gasteiger partial charge in [0.15, 0.2) is 0 Å². The molecule has 1 N–H and O–H groups in total. The maximum atomic E-state index is 13.7. The van der Waals surface area contributed by atoms with E-state index in [9.17, 15) is 14.9 Å². The fraction of sp³-hybridized carbons (Fsp3) is 0.267. The lowest BCUT2D eigenvalue weighted by Crippen LogP contribution is -2.17. The molecule has 2 aromatic heterocycles. The normalized spacial score (nSPS) is 13.1. The van der Waals surface area contributed by atoms with Gasteiger partial charge in [0.05, 0.1) is 16.2 Å². The van der Waals surface area contributed by atoms with E-state index in [1.54, 1.807) is 36.6 Å². The molecule has 0 saturated heterocycles. The van der Waals surface area contributed by atoms with E-state index in [1.807, 2.05) is 51.1 Å². The first-order valence-corrected chi connectivity index (χ1v) is 13.6. The number of rotatable bonds is 6. The van der Waals surface area contributed by atoms with Crippen LogP contribution in [0.2, 0.25) is 0 Å². The first-order valence-electron chi connectivity index (χ1n) is 12.7. The predicted octanol–water partition coefficient (Wildman–Crippen LogP) is 7.56. The molecule has 38 heavy (non-hydrogen) atoms. The second kappa shape index (κ2) is 10.4. The van der Waals surface area contributed by atoms with Crippen molar-refractivity contribution in [3.05, 3.63) is 103 Å². The number of nitrogens with zero attached hydrogens (tertiary/aromatic N) is 3. The summed E-state index contributed by atoms with van der Waals surface area (Å²) in [5.41, 5.74) is 7.90. The Bertz CT molecular complexity index is 1580. The van der Waals surface area contributed by atoms with E-state index in [-0.39, 0.29) is 16.5 Å². The number of nitro benzene ring substituents is 1. The summed E-state index contributed by atoms with van der Waals surface area (Å²) in [6, 6.07) is 14.9. The number of hydrogen-bond donors (Lipinski definition) is 1. The van der Waals surface area contributed by atoms with Crippen molar-refractivity contribution in [2.75, 3.05) is 5.32 Å². The Kier molecular flexibility index (Phi) is 6.99. The van der Waals surface area contributed by atoms with Crippen LogP contribution in [0.5, 0.6) is 0 Å². The van der Waals surface area contributed by atoms with Gasteiger partial charge in [-0.05, 0) is 83.2 Å². The van der Waals surface area contributed by atoms with Crippen LogP contribution >= 0.6 is 11.3 Å². The molecule has 0 fully saturated rings. The number of aromatic nitrogens is 1. The topological polar surface area (TPSA) is 89.5 Å². The number of hydrogen-bond acceptors (Lipinski definition) is 5. The highest BCUT2D eigenvalue weighted by atomic mass is 32.1. The van der Waals surface area contributed by atoms with Gasteiger partial charge >= 0.3 is 0 Å². The Labute approximate surface area is 226 Å². The van der Waals surface area contributed by atoms with Gasteiger partial charge in [-0.25, -0.2) is 0 Å². The van der Waals surface area contributed by atoms with E-state index in [0.717, 1.165) is 70.0 Å². The maximum Gasteiger partial charge on any atom is 0.274 e. The first kappa shape index (κ1) is 25.6. The SMILES string of the molecule is Cc1ccc(NC(=O)c2c(-n3c(C)cc(C=Nc4ccc(C)c([N+](=O)[O-])c4)c3C)sc3c2CCCC3)cc1. The molecular formula is C30H30N4O3S. The molecule has 0 aliphatic heterocycles. The number of carbonyl (C=O) groups is 1. The molecule has 4 aromatic rings. The van der Waals surface area contributed by atoms with E-state index in [4.69, 9.17) is 0 Å². The molecule has 2 aromatic carbocycles. The van der Waals surface area contributed by atoms with Crippen molar-refractivity contribution < 1.29 is 9.72 Å². The molecule has 0 saturated carbocycles. The van der Waals surface area contributed by atoms with Crippen LogP contribution in [0.3, 0.4) is 0 Å². The van der Waals surface area contributed by atoms with Crippen molar-refractivity contribution in [2.45, 2.75) is 53.4 Å². The number of thiophene rings is 1. The number of aliphatic imine (C=N–C) groups is 1. The number of fused-ring (bicyclic) bond motifs is 1. The van der Waals surface area contributed by atoms with E-state index in [0.29, 0.717) is 11.3 Å². The summed E-state index contributed by atoms with van der Waals surface area (Å²) in [6.07, 6.45) is 5.86. The average molecular weight is 527 g/mol. The zero-order valence-electron chi connectivity index (χ0n) is 22.0. The third-order valence-electron chi connectivity index (χ3n) is 7.10. The molecule has 0 unspecified atom stereocenters. The minimum atomic E-state index is -0.387. The molecule has 0 radical (unpaired) electrons. The molecule has 1 amide bonds. The molecule has 194 valence electrons. The summed E-state index contributed by atoms with van der Waals surface area (Å²) in [6.45, 7) is 7.79. The van der Waals surface area contributed by atoms with Crippen LogP contribution in [0.1, 0.15) is 61.7 Å². The van der Waals surface area contributed by atoms with Gasteiger partial charge in [0.2, 0.25) is 0 Å². The van der Waals surface area contributed by atoms with Crippen molar-refractivity contribution in [1.82, 2.24) is 4.57 Å². The first-order chi connectivity index (χ1) is 18.2. The molecule has 0 atom stereocenters. The molecule has 2 heterocycles. The number of nitrogens with one attached hydrogen (secondary N) is 1. The molecule has 1 aliphatic rings. The summed E-state index contributed by atoms with van der Waals surface area (Å²) < 4.78 is 2.14. The van der Waals surface area contributed by atoms with Crippen molar-refractivity contribution in [3.63, 3.8) is 0 Å². The van der Waals surface area contributed by atoms with Crippen LogP contribution in [0.25, 0.3) is 5.00 Å². The number of amides is 1. The van der Waals surface area contributed by atoms with Crippen molar-refractivity contribution in [3.8, 4) is 5.00 Å². The van der Waals surface area contributed by atoms with E-state index in [2.05, 4.69) is 14.9 Å². The standard InChI is InChI=1S/C30H30N4O3S/c1-18-9-12-23(13-10-18)32-29(35)28-25-7-5-6-8-27(25)38-30(28)33-20(3)15-22(21(33)4)17-31-24-14-11-19(2)26(16-24)34(36)37/h9-17H,5-8H2,1-4H3,(H,32,35). The van der Waals surface area contributed by atoms with Crippen LogP contribution in [-0.2, 0) is 12.8 Å². The van der Waals surface area contributed by atoms with Gasteiger partial charge < -0.3 is 9.88 Å². The Morgan fingerprint density at radius 2 is 1.79 bits per heavy atom. The van der Waals surface area contributed by atoms with Crippen LogP contribution < -0.4 is 5.32 Å². The highest BCUT2D eigenvalue weighted by Gasteiger charge is 2.28. The van der Waals surface area contributed by atoms with Crippen molar-refractivity contribution in [1.29, 1.82) is 0 Å². The number of aryl methyl sites for hydroxylation is 4. The number of nitro groups is 1. The largest absolute Gasteiger partial charge is 0.322 e. The molecule has 0 spiro atoms. The third kappa shape index (κ3) is 4.91. The molecular weight excluding hydrogens is 496 g/mol. The fourth-order valence-electron chi connectivity index (χ4n) is 5.02. The lowest BCUT2D eigenvalue weighted by Gasteiger charge is -2.14. The second-order valence-electron chi connectivity index (χ2n) is 9.86. The summed E-state index contributed by atoms with van der Waals surface area (Å²) in [7, 11) is 0. The molecule has 0 bridgehead atoms. The maximum absolute atomic E-state index is 13.7. The number of anilines is 1. The second-order valence-corrected chi connectivity index (χ2v) is 10.9. The number of carbonyl (C=O) groups excluding carboxylic acids is 1. The van der Waals surface area contributed by atoms with Crippen LogP contribution in [-0.4, -0.2) is 21.6 Å². The van der Waals surface area contributed by atoms with Crippen molar-refractivity contribution >= 4 is 40.5 Å². The van der Waals surface area contributed by atoms with Crippen molar-refractivity contribution in [2.24, 2.45) is 4.99 Å². The molecule has 1 aliphatic carbocycles. The molecule has 8 heteroatoms. The van der Waals surface area contributed by atoms with E-state index >= 15 is 0 Å². The zero-order chi connectivity index (χ0) is 27.0. The third-order valence-corrected chi connectivity index (χ3v) is 8.38. The van der Waals surface area contributed by atoms with Crippen LogP contribution in [0.4, 0.5) is 17.1 Å². The Morgan fingerprint density at radius 3 is 2.53 bits per heavy atom. The molecule has 5 rings (SSSR count). The summed E-state index contributed by atoms with van der Waals surface area (Å²) in [4.78, 5) is 30.4. The number of benzene rings is 2. The van der Waals surface area contributed by atoms with Gasteiger partial charge in [-0.2, -0.15) is 0 Å². The van der Waals surface area contributed by atoms with Crippen LogP contribution in [0.15, 0.2) is 53.5 Å². The smallest absolute Gasteiger partial charge is 0.274 e. The highest BCUT2D eigenvalue weighted by molar-refractivity contribution is 7.15. The fourth-order valence-corrected chi connectivity index (χ4v) is 6.52. The predicted molar refractivity (Wildman–Crippen MR) is 154 cm³/mol. The summed E-state index contributed by atoms with van der Waals surface area (Å²) in [5, 5.41) is 15.4. The van der Waals surface area contributed by atoms with Gasteiger partial charge in [0, 0.05) is 45.4 Å². The lowest BCUT2D eigenvalue weighted by atomic mass is 9.95. The zero-order valence-corrected chi connectivity index (χ0v) is 22.8. The van der Waals surface area contributed by atoms with Gasteiger partial charge in [-0.1, -0.05) is 23.8 Å². The Morgan fingerprint density at radius 1 is 1.05 bits per heavy atom. The summed E-state index contributed by atoms with van der Waals surface area (Å²) in [5.74, 6) is -0.0852. The minimum Gasteiger partial charge on any atom is -0.322 e. The highest BCUT2D eigenvalue weighted by Crippen LogP contribution is 2.39. The average Bonchev–Trinajstić information content (AvgIpc) is 3.40. The van der Waals surface area contributed by atoms with E-state index < -0.39 is 0 Å². The Hall–Kier alpha value is -4.04. The van der Waals surface area contributed by atoms with Crippen LogP contribution in [0, 0.1) is 37.8 Å². The molecule has 7 nitrogen and oxygen atoms in total. The van der Waals surface area contributed by atoms with Gasteiger partial charge in [-0.15, -0.1) is 11.3 Å². The minimum absolute atomic E-state index is 0.0542. The van der Waals surface area contributed by atoms with E-state index in [1.165, 1.54) is 10.9 Å². The lowest BCUT2D eigenvalue weighted by molar-refractivity contribution is -0.385. The Balaban J connectivity index is 1.53.